The summed E-state index contributed by atoms with van der Waals surface area (Å²) in [4.78, 5) is 8.34. The molecule has 0 aliphatic heterocycles. The maximum absolute atomic E-state index is 14.6. The van der Waals surface area contributed by atoms with E-state index in [1.807, 2.05) is 13.8 Å². The van der Waals surface area contributed by atoms with Crippen molar-refractivity contribution in [1.82, 2.24) is 9.97 Å². The van der Waals surface area contributed by atoms with E-state index >= 15 is 0 Å². The molecule has 0 spiro atoms. The van der Waals surface area contributed by atoms with Gasteiger partial charge in [-0.1, -0.05) is 31.5 Å². The Hall–Kier alpha value is -2.27. The summed E-state index contributed by atoms with van der Waals surface area (Å²) >= 11 is 6.08. The molecule has 0 fully saturated rings. The van der Waals surface area contributed by atoms with Gasteiger partial charge >= 0.3 is 0 Å². The summed E-state index contributed by atoms with van der Waals surface area (Å²) in [6.45, 7) is 4.02. The van der Waals surface area contributed by atoms with Gasteiger partial charge in [0, 0.05) is 17.1 Å². The van der Waals surface area contributed by atoms with E-state index in [1.54, 1.807) is 12.3 Å². The fraction of sp³-hybridized carbons (Fsp3) is 0.222. The van der Waals surface area contributed by atoms with Crippen molar-refractivity contribution in [2.24, 2.45) is 0 Å². The average molecular weight is 348 g/mol. The lowest BCUT2D eigenvalue weighted by molar-refractivity contribution is 0.588. The lowest BCUT2D eigenvalue weighted by Crippen LogP contribution is -2.05. The van der Waals surface area contributed by atoms with E-state index in [9.17, 15) is 8.78 Å². The normalized spacial score (nSPS) is 12.5. The predicted octanol–water partition coefficient (Wildman–Crippen LogP) is 5.32. The first-order valence-electron chi connectivity index (χ1n) is 7.63. The van der Waals surface area contributed by atoms with Gasteiger partial charge < -0.3 is 5.73 Å². The fourth-order valence-electron chi connectivity index (χ4n) is 2.78. The second kappa shape index (κ2) is 6.32. The van der Waals surface area contributed by atoms with Gasteiger partial charge in [-0.25, -0.2) is 9.37 Å². The molecule has 1 atom stereocenters. The quantitative estimate of drug-likeness (QED) is 0.652. The Morgan fingerprint density at radius 2 is 1.96 bits per heavy atom. The van der Waals surface area contributed by atoms with Gasteiger partial charge in [0.05, 0.1) is 27.5 Å². The van der Waals surface area contributed by atoms with Crippen LogP contribution in [0.25, 0.3) is 22.0 Å². The highest BCUT2D eigenvalue weighted by Crippen LogP contribution is 2.40. The number of nitrogen functional groups attached to an aromatic ring is 1. The van der Waals surface area contributed by atoms with Gasteiger partial charge in [0.15, 0.2) is 0 Å². The van der Waals surface area contributed by atoms with Crippen molar-refractivity contribution >= 4 is 28.2 Å². The van der Waals surface area contributed by atoms with Crippen LogP contribution in [0.3, 0.4) is 0 Å². The smallest absolute Gasteiger partial charge is 0.223 e. The first kappa shape index (κ1) is 16.6. The molecule has 0 bridgehead atoms. The molecule has 1 unspecified atom stereocenters. The van der Waals surface area contributed by atoms with Gasteiger partial charge in [0.2, 0.25) is 5.95 Å². The summed E-state index contributed by atoms with van der Waals surface area (Å²) in [7, 11) is 0. The Bertz CT molecular complexity index is 908. The van der Waals surface area contributed by atoms with E-state index in [4.69, 9.17) is 17.3 Å². The molecule has 3 rings (SSSR count). The second-order valence-corrected chi connectivity index (χ2v) is 6.09. The van der Waals surface area contributed by atoms with Crippen LogP contribution in [0.4, 0.5) is 14.5 Å². The number of aromatic nitrogens is 2. The number of rotatable bonds is 3. The van der Waals surface area contributed by atoms with Crippen LogP contribution >= 0.6 is 11.6 Å². The van der Waals surface area contributed by atoms with Crippen molar-refractivity contribution in [3.05, 3.63) is 52.9 Å². The number of pyridine rings is 2. The monoisotopic (exact) mass is 347 g/mol. The number of halogens is 3. The highest BCUT2D eigenvalue weighted by atomic mass is 35.5. The van der Waals surface area contributed by atoms with E-state index in [-0.39, 0.29) is 27.8 Å². The standard InChI is InChI=1S/C18H16ClF2N3/c1-3-9(2)17-14-12(7-8-23-17)24-18(21)15(16(14)22)13-10(19)5-4-6-11(13)20/h4-9H,3H2,1-2H3,(H2,22,24). The first-order valence-corrected chi connectivity index (χ1v) is 8.01. The molecule has 0 saturated carbocycles. The Morgan fingerprint density at radius 3 is 2.62 bits per heavy atom. The SMILES string of the molecule is CCC(C)c1nccc2nc(F)c(-c3c(F)cccc3Cl)c(N)c12. The van der Waals surface area contributed by atoms with Gasteiger partial charge in [-0.15, -0.1) is 0 Å². The molecule has 24 heavy (non-hydrogen) atoms. The topological polar surface area (TPSA) is 51.8 Å². The molecular formula is C18H16ClF2N3. The predicted molar refractivity (Wildman–Crippen MR) is 93.0 cm³/mol. The maximum Gasteiger partial charge on any atom is 0.223 e. The van der Waals surface area contributed by atoms with E-state index in [0.29, 0.717) is 16.6 Å². The minimum absolute atomic E-state index is 0.0794. The van der Waals surface area contributed by atoms with Crippen LogP contribution in [-0.4, -0.2) is 9.97 Å². The summed E-state index contributed by atoms with van der Waals surface area (Å²) in [6.07, 6.45) is 2.41. The molecule has 0 aliphatic carbocycles. The average Bonchev–Trinajstić information content (AvgIpc) is 2.56. The second-order valence-electron chi connectivity index (χ2n) is 5.69. The Morgan fingerprint density at radius 1 is 1.21 bits per heavy atom. The number of benzene rings is 1. The van der Waals surface area contributed by atoms with Crippen LogP contribution in [0.5, 0.6) is 0 Å². The lowest BCUT2D eigenvalue weighted by Gasteiger charge is -2.16. The minimum Gasteiger partial charge on any atom is -0.397 e. The summed E-state index contributed by atoms with van der Waals surface area (Å²) in [5.74, 6) is -1.40. The molecule has 2 N–H and O–H groups in total. The van der Waals surface area contributed by atoms with E-state index in [0.717, 1.165) is 6.42 Å². The van der Waals surface area contributed by atoms with Crippen molar-refractivity contribution in [2.45, 2.75) is 26.2 Å². The summed E-state index contributed by atoms with van der Waals surface area (Å²) in [6, 6.07) is 5.74. The molecular weight excluding hydrogens is 332 g/mol. The molecule has 0 amide bonds. The molecule has 2 heterocycles. The van der Waals surface area contributed by atoms with E-state index in [2.05, 4.69) is 9.97 Å². The molecule has 3 nitrogen and oxygen atoms in total. The van der Waals surface area contributed by atoms with Crippen LogP contribution in [0.15, 0.2) is 30.5 Å². The Balaban J connectivity index is 2.42. The van der Waals surface area contributed by atoms with Crippen molar-refractivity contribution in [1.29, 1.82) is 0 Å². The summed E-state index contributed by atoms with van der Waals surface area (Å²) < 4.78 is 28.9. The molecule has 6 heteroatoms. The zero-order chi connectivity index (χ0) is 17.4. The van der Waals surface area contributed by atoms with Crippen molar-refractivity contribution in [2.75, 3.05) is 5.73 Å². The zero-order valence-corrected chi connectivity index (χ0v) is 14.0. The third kappa shape index (κ3) is 2.59. The minimum atomic E-state index is -0.853. The molecule has 0 saturated heterocycles. The number of hydrogen-bond donors (Lipinski definition) is 1. The number of hydrogen-bond acceptors (Lipinski definition) is 3. The van der Waals surface area contributed by atoms with Gasteiger partial charge in [0.1, 0.15) is 5.82 Å². The molecule has 0 aliphatic rings. The summed E-state index contributed by atoms with van der Waals surface area (Å²) in [5.41, 5.74) is 7.25. The van der Waals surface area contributed by atoms with Gasteiger partial charge in [-0.05, 0) is 30.5 Å². The van der Waals surface area contributed by atoms with Crippen molar-refractivity contribution < 1.29 is 8.78 Å². The third-order valence-electron chi connectivity index (χ3n) is 4.21. The number of fused-ring (bicyclic) bond motifs is 1. The maximum atomic E-state index is 14.6. The van der Waals surface area contributed by atoms with Crippen LogP contribution in [0.1, 0.15) is 31.9 Å². The molecule has 0 radical (unpaired) electrons. The number of nitrogens with two attached hydrogens (primary N) is 1. The van der Waals surface area contributed by atoms with E-state index in [1.165, 1.54) is 18.2 Å². The van der Waals surface area contributed by atoms with Crippen molar-refractivity contribution in [3.63, 3.8) is 0 Å². The summed E-state index contributed by atoms with van der Waals surface area (Å²) in [5, 5.41) is 0.623. The Kier molecular flexibility index (Phi) is 4.37. The van der Waals surface area contributed by atoms with Gasteiger partial charge in [-0.3, -0.25) is 4.98 Å². The van der Waals surface area contributed by atoms with Gasteiger partial charge in [0.25, 0.3) is 0 Å². The third-order valence-corrected chi connectivity index (χ3v) is 4.53. The molecule has 2 aromatic heterocycles. The Labute approximate surface area is 143 Å². The highest BCUT2D eigenvalue weighted by molar-refractivity contribution is 6.33. The largest absolute Gasteiger partial charge is 0.397 e. The number of nitrogens with zero attached hydrogens (tertiary/aromatic N) is 2. The molecule has 1 aromatic carbocycles. The van der Waals surface area contributed by atoms with Crippen LogP contribution in [0.2, 0.25) is 5.02 Å². The lowest BCUT2D eigenvalue weighted by atomic mass is 9.96. The van der Waals surface area contributed by atoms with Gasteiger partial charge in [-0.2, -0.15) is 4.39 Å². The first-order chi connectivity index (χ1) is 11.5. The van der Waals surface area contributed by atoms with E-state index < -0.39 is 11.8 Å². The highest BCUT2D eigenvalue weighted by Gasteiger charge is 2.23. The molecule has 3 aromatic rings. The van der Waals surface area contributed by atoms with Crippen LogP contribution < -0.4 is 5.73 Å². The number of anilines is 1. The molecule has 124 valence electrons. The van der Waals surface area contributed by atoms with Crippen LogP contribution in [0, 0.1) is 11.8 Å². The zero-order valence-electron chi connectivity index (χ0n) is 13.3. The van der Waals surface area contributed by atoms with Crippen LogP contribution in [-0.2, 0) is 0 Å². The fourth-order valence-corrected chi connectivity index (χ4v) is 3.03. The van der Waals surface area contributed by atoms with Crippen molar-refractivity contribution in [3.8, 4) is 11.1 Å².